The fraction of sp³-hybridized carbons (Fsp3) is 0.429. The molecule has 110 valence electrons. The van der Waals surface area contributed by atoms with Crippen LogP contribution in [0.15, 0.2) is 24.3 Å². The molecule has 0 unspecified atom stereocenters. The molecule has 6 heteroatoms. The lowest BCUT2D eigenvalue weighted by Crippen LogP contribution is -2.39. The van der Waals surface area contributed by atoms with Gasteiger partial charge in [-0.3, -0.25) is 4.79 Å². The molecular formula is C14H22N4O2. The van der Waals surface area contributed by atoms with E-state index < -0.39 is 0 Å². The van der Waals surface area contributed by atoms with Crippen LogP contribution in [0.3, 0.4) is 0 Å². The zero-order valence-corrected chi connectivity index (χ0v) is 12.2. The Morgan fingerprint density at radius 2 is 1.85 bits per heavy atom. The van der Waals surface area contributed by atoms with Crippen LogP contribution in [0.25, 0.3) is 0 Å². The second-order valence-electron chi connectivity index (χ2n) is 4.67. The Hall–Kier alpha value is -2.08. The molecule has 1 aromatic carbocycles. The third-order valence-electron chi connectivity index (χ3n) is 2.69. The first-order valence-electron chi connectivity index (χ1n) is 6.52. The van der Waals surface area contributed by atoms with E-state index in [0.29, 0.717) is 13.1 Å². The number of para-hydroxylation sites is 1. The normalized spacial score (nSPS) is 9.95. The van der Waals surface area contributed by atoms with Crippen molar-refractivity contribution in [3.8, 4) is 0 Å². The standard InChI is InChI=1S/C14H22N4O2/c1-11-6-4-5-7-12(11)17-13(19)10-15-8-9-16-14(20)18(2)3/h4-7,15H,8-10H2,1-3H3,(H,16,20)(H,17,19). The number of benzene rings is 1. The smallest absolute Gasteiger partial charge is 0.316 e. The molecular weight excluding hydrogens is 256 g/mol. The summed E-state index contributed by atoms with van der Waals surface area (Å²) in [6, 6.07) is 7.48. The average Bonchev–Trinajstić information content (AvgIpc) is 2.40. The molecule has 0 fully saturated rings. The molecule has 0 radical (unpaired) electrons. The number of amides is 3. The monoisotopic (exact) mass is 278 g/mol. The molecule has 0 aliphatic rings. The van der Waals surface area contributed by atoms with Gasteiger partial charge in [-0.15, -0.1) is 0 Å². The summed E-state index contributed by atoms with van der Waals surface area (Å²) in [5.41, 5.74) is 1.85. The molecule has 3 amide bonds. The first-order valence-corrected chi connectivity index (χ1v) is 6.52. The topological polar surface area (TPSA) is 73.5 Å². The number of carbonyl (C=O) groups is 2. The van der Waals surface area contributed by atoms with Crippen molar-refractivity contribution in [1.82, 2.24) is 15.5 Å². The van der Waals surface area contributed by atoms with Crippen LogP contribution < -0.4 is 16.0 Å². The van der Waals surface area contributed by atoms with E-state index >= 15 is 0 Å². The van der Waals surface area contributed by atoms with E-state index in [1.807, 2.05) is 31.2 Å². The first-order chi connectivity index (χ1) is 9.50. The van der Waals surface area contributed by atoms with Gasteiger partial charge in [-0.25, -0.2) is 4.79 Å². The summed E-state index contributed by atoms with van der Waals surface area (Å²) < 4.78 is 0. The zero-order valence-electron chi connectivity index (χ0n) is 12.2. The molecule has 3 N–H and O–H groups in total. The Bertz CT molecular complexity index is 460. The molecule has 0 aromatic heterocycles. The molecule has 1 aromatic rings. The van der Waals surface area contributed by atoms with Crippen molar-refractivity contribution >= 4 is 17.6 Å². The van der Waals surface area contributed by atoms with Gasteiger partial charge >= 0.3 is 6.03 Å². The van der Waals surface area contributed by atoms with Crippen molar-refractivity contribution in [1.29, 1.82) is 0 Å². The summed E-state index contributed by atoms with van der Waals surface area (Å²) in [6.07, 6.45) is 0. The van der Waals surface area contributed by atoms with Crippen LogP contribution in [-0.4, -0.2) is 50.6 Å². The van der Waals surface area contributed by atoms with Crippen molar-refractivity contribution in [2.24, 2.45) is 0 Å². The number of hydrogen-bond acceptors (Lipinski definition) is 3. The molecule has 1 rings (SSSR count). The number of aryl methyl sites for hydroxylation is 1. The Balaban J connectivity index is 2.18. The summed E-state index contributed by atoms with van der Waals surface area (Å²) in [5.74, 6) is -0.0989. The fourth-order valence-electron chi connectivity index (χ4n) is 1.53. The Labute approximate surface area is 119 Å². The number of anilines is 1. The lowest BCUT2D eigenvalue weighted by atomic mass is 10.2. The highest BCUT2D eigenvalue weighted by atomic mass is 16.2. The van der Waals surface area contributed by atoms with Crippen molar-refractivity contribution < 1.29 is 9.59 Å². The molecule has 0 heterocycles. The highest BCUT2D eigenvalue weighted by Gasteiger charge is 2.04. The van der Waals surface area contributed by atoms with Gasteiger partial charge in [-0.05, 0) is 18.6 Å². The summed E-state index contributed by atoms with van der Waals surface area (Å²) in [6.45, 7) is 3.18. The fourth-order valence-corrected chi connectivity index (χ4v) is 1.53. The third kappa shape index (κ3) is 5.71. The van der Waals surface area contributed by atoms with Gasteiger partial charge in [0.1, 0.15) is 0 Å². The minimum absolute atomic E-state index is 0.0989. The number of rotatable bonds is 6. The van der Waals surface area contributed by atoms with Gasteiger partial charge in [0, 0.05) is 32.9 Å². The predicted octanol–water partition coefficient (Wildman–Crippen LogP) is 0.794. The van der Waals surface area contributed by atoms with Crippen LogP contribution in [0.2, 0.25) is 0 Å². The number of nitrogens with zero attached hydrogens (tertiary/aromatic N) is 1. The third-order valence-corrected chi connectivity index (χ3v) is 2.69. The summed E-state index contributed by atoms with van der Waals surface area (Å²) >= 11 is 0. The van der Waals surface area contributed by atoms with Crippen LogP contribution in [0.1, 0.15) is 5.56 Å². The van der Waals surface area contributed by atoms with Gasteiger partial charge in [0.15, 0.2) is 0 Å². The SMILES string of the molecule is Cc1ccccc1NC(=O)CNCCNC(=O)N(C)C. The molecule has 0 spiro atoms. The average molecular weight is 278 g/mol. The lowest BCUT2D eigenvalue weighted by Gasteiger charge is -2.12. The molecule has 0 saturated carbocycles. The van der Waals surface area contributed by atoms with Gasteiger partial charge in [0.25, 0.3) is 0 Å². The van der Waals surface area contributed by atoms with Crippen LogP contribution >= 0.6 is 0 Å². The summed E-state index contributed by atoms with van der Waals surface area (Å²) in [4.78, 5) is 24.4. The second-order valence-corrected chi connectivity index (χ2v) is 4.67. The summed E-state index contributed by atoms with van der Waals surface area (Å²) in [7, 11) is 3.36. The van der Waals surface area contributed by atoms with Crippen molar-refractivity contribution in [2.75, 3.05) is 39.0 Å². The number of hydrogen-bond donors (Lipinski definition) is 3. The van der Waals surface area contributed by atoms with E-state index in [1.165, 1.54) is 4.90 Å². The largest absolute Gasteiger partial charge is 0.337 e. The lowest BCUT2D eigenvalue weighted by molar-refractivity contribution is -0.115. The molecule has 0 aliphatic heterocycles. The van der Waals surface area contributed by atoms with Crippen molar-refractivity contribution in [3.63, 3.8) is 0 Å². The van der Waals surface area contributed by atoms with E-state index in [1.54, 1.807) is 14.1 Å². The first kappa shape index (κ1) is 16.0. The minimum atomic E-state index is -0.142. The predicted molar refractivity (Wildman–Crippen MR) is 79.8 cm³/mol. The Kier molecular flexibility index (Phi) is 6.52. The van der Waals surface area contributed by atoms with E-state index in [-0.39, 0.29) is 18.5 Å². The van der Waals surface area contributed by atoms with Crippen molar-refractivity contribution in [2.45, 2.75) is 6.92 Å². The maximum atomic E-state index is 11.7. The van der Waals surface area contributed by atoms with Crippen LogP contribution in [0, 0.1) is 6.92 Å². The molecule has 0 bridgehead atoms. The quantitative estimate of drug-likeness (QED) is 0.674. The van der Waals surface area contributed by atoms with Gasteiger partial charge < -0.3 is 20.9 Å². The molecule has 20 heavy (non-hydrogen) atoms. The maximum absolute atomic E-state index is 11.7. The second kappa shape index (κ2) is 8.16. The van der Waals surface area contributed by atoms with E-state index in [4.69, 9.17) is 0 Å². The summed E-state index contributed by atoms with van der Waals surface area (Å²) in [5, 5.41) is 8.51. The molecule has 0 atom stereocenters. The van der Waals surface area contributed by atoms with Crippen molar-refractivity contribution in [3.05, 3.63) is 29.8 Å². The van der Waals surface area contributed by atoms with E-state index in [2.05, 4.69) is 16.0 Å². The van der Waals surface area contributed by atoms with Gasteiger partial charge in [-0.2, -0.15) is 0 Å². The molecule has 0 aliphatic carbocycles. The van der Waals surface area contributed by atoms with Gasteiger partial charge in [0.2, 0.25) is 5.91 Å². The zero-order chi connectivity index (χ0) is 15.0. The highest BCUT2D eigenvalue weighted by Crippen LogP contribution is 2.12. The Morgan fingerprint density at radius 3 is 2.50 bits per heavy atom. The van der Waals surface area contributed by atoms with Crippen LogP contribution in [0.5, 0.6) is 0 Å². The van der Waals surface area contributed by atoms with Gasteiger partial charge in [-0.1, -0.05) is 18.2 Å². The highest BCUT2D eigenvalue weighted by molar-refractivity contribution is 5.92. The van der Waals surface area contributed by atoms with E-state index in [9.17, 15) is 9.59 Å². The molecule has 0 saturated heterocycles. The van der Waals surface area contributed by atoms with Gasteiger partial charge in [0.05, 0.1) is 6.54 Å². The number of nitrogens with one attached hydrogen (secondary N) is 3. The van der Waals surface area contributed by atoms with Crippen LogP contribution in [0.4, 0.5) is 10.5 Å². The maximum Gasteiger partial charge on any atom is 0.316 e. The minimum Gasteiger partial charge on any atom is -0.337 e. The Morgan fingerprint density at radius 1 is 1.15 bits per heavy atom. The number of urea groups is 1. The van der Waals surface area contributed by atoms with Crippen LogP contribution in [-0.2, 0) is 4.79 Å². The number of carbonyl (C=O) groups excluding carboxylic acids is 2. The van der Waals surface area contributed by atoms with E-state index in [0.717, 1.165) is 11.3 Å². The molecule has 6 nitrogen and oxygen atoms in total.